The topological polar surface area (TPSA) is 38.0 Å². The van der Waals surface area contributed by atoms with Gasteiger partial charge < -0.3 is 11.1 Å². The minimum atomic E-state index is -0.916. The minimum absolute atomic E-state index is 0.224. The molecule has 0 atom stereocenters. The molecular formula is C13H10F3IN2. The van der Waals surface area contributed by atoms with Crippen LogP contribution < -0.4 is 11.1 Å². The molecule has 0 amide bonds. The van der Waals surface area contributed by atoms with E-state index in [2.05, 4.69) is 5.32 Å². The molecule has 100 valence electrons. The van der Waals surface area contributed by atoms with Gasteiger partial charge >= 0.3 is 0 Å². The molecule has 2 aromatic carbocycles. The second kappa shape index (κ2) is 5.68. The van der Waals surface area contributed by atoms with Gasteiger partial charge in [0.1, 0.15) is 5.82 Å². The Labute approximate surface area is 122 Å². The second-order valence-corrected chi connectivity index (χ2v) is 5.12. The molecule has 0 unspecified atom stereocenters. The largest absolute Gasteiger partial charge is 0.397 e. The van der Waals surface area contributed by atoms with Crippen molar-refractivity contribution in [1.82, 2.24) is 0 Å². The molecule has 3 N–H and O–H groups in total. The number of benzene rings is 2. The first kappa shape index (κ1) is 14.0. The summed E-state index contributed by atoms with van der Waals surface area (Å²) < 4.78 is 39.6. The monoisotopic (exact) mass is 378 g/mol. The number of nitrogen functional groups attached to an aromatic ring is 1. The maximum absolute atomic E-state index is 13.4. The number of nitrogens with one attached hydrogen (secondary N) is 1. The number of nitrogens with two attached hydrogens (primary N) is 1. The molecule has 0 fully saturated rings. The summed E-state index contributed by atoms with van der Waals surface area (Å²) in [5.41, 5.74) is 7.10. The van der Waals surface area contributed by atoms with E-state index in [0.29, 0.717) is 20.5 Å². The van der Waals surface area contributed by atoms with Gasteiger partial charge in [-0.2, -0.15) is 0 Å². The maximum atomic E-state index is 13.4. The van der Waals surface area contributed by atoms with Gasteiger partial charge in [0, 0.05) is 12.6 Å². The average Bonchev–Trinajstić information content (AvgIpc) is 2.36. The Hall–Kier alpha value is -1.44. The van der Waals surface area contributed by atoms with E-state index in [4.69, 9.17) is 5.73 Å². The van der Waals surface area contributed by atoms with E-state index in [1.54, 1.807) is 0 Å². The van der Waals surface area contributed by atoms with Gasteiger partial charge in [-0.1, -0.05) is 6.07 Å². The molecule has 6 heteroatoms. The van der Waals surface area contributed by atoms with E-state index in [9.17, 15) is 13.2 Å². The highest BCUT2D eigenvalue weighted by Gasteiger charge is 2.07. The Bertz CT molecular complexity index is 617. The maximum Gasteiger partial charge on any atom is 0.159 e. The predicted molar refractivity (Wildman–Crippen MR) is 77.2 cm³/mol. The van der Waals surface area contributed by atoms with Crippen LogP contribution in [0.3, 0.4) is 0 Å². The first-order valence-corrected chi connectivity index (χ1v) is 6.47. The molecule has 0 bridgehead atoms. The highest BCUT2D eigenvalue weighted by Crippen LogP contribution is 2.24. The zero-order chi connectivity index (χ0) is 14.0. The van der Waals surface area contributed by atoms with Crippen molar-refractivity contribution in [3.63, 3.8) is 0 Å². The van der Waals surface area contributed by atoms with Crippen LogP contribution in [0.5, 0.6) is 0 Å². The zero-order valence-corrected chi connectivity index (χ0v) is 11.8. The summed E-state index contributed by atoms with van der Waals surface area (Å²) in [4.78, 5) is 0. The van der Waals surface area contributed by atoms with Crippen molar-refractivity contribution in [3.05, 3.63) is 56.9 Å². The molecule has 19 heavy (non-hydrogen) atoms. The molecule has 0 aliphatic heterocycles. The molecule has 2 rings (SSSR count). The molecule has 0 saturated heterocycles. The van der Waals surface area contributed by atoms with Crippen LogP contribution in [-0.4, -0.2) is 0 Å². The molecule has 0 aromatic heterocycles. The fourth-order valence-corrected chi connectivity index (χ4v) is 2.05. The zero-order valence-electron chi connectivity index (χ0n) is 9.68. The average molecular weight is 378 g/mol. The van der Waals surface area contributed by atoms with Gasteiger partial charge in [0.2, 0.25) is 0 Å². The summed E-state index contributed by atoms with van der Waals surface area (Å²) >= 11 is 1.84. The van der Waals surface area contributed by atoms with Gasteiger partial charge in [0.05, 0.1) is 14.9 Å². The minimum Gasteiger partial charge on any atom is -0.397 e. The van der Waals surface area contributed by atoms with E-state index >= 15 is 0 Å². The summed E-state index contributed by atoms with van der Waals surface area (Å²) in [5, 5.41) is 2.89. The number of anilines is 2. The highest BCUT2D eigenvalue weighted by molar-refractivity contribution is 14.1. The smallest absolute Gasteiger partial charge is 0.159 e. The number of hydrogen-bond acceptors (Lipinski definition) is 2. The van der Waals surface area contributed by atoms with Crippen LogP contribution in [0.4, 0.5) is 24.5 Å². The van der Waals surface area contributed by atoms with E-state index in [0.717, 1.165) is 12.1 Å². The lowest BCUT2D eigenvalue weighted by Crippen LogP contribution is -2.04. The lowest BCUT2D eigenvalue weighted by atomic mass is 10.2. The van der Waals surface area contributed by atoms with Crippen LogP contribution in [0.25, 0.3) is 0 Å². The Balaban J connectivity index is 2.14. The SMILES string of the molecule is Nc1cc(I)c(F)cc1NCc1ccc(F)c(F)c1. The summed E-state index contributed by atoms with van der Waals surface area (Å²) in [6, 6.07) is 6.36. The molecule has 0 radical (unpaired) electrons. The third-order valence-corrected chi connectivity index (χ3v) is 3.39. The van der Waals surface area contributed by atoms with Gasteiger partial charge in [-0.05, 0) is 46.4 Å². The van der Waals surface area contributed by atoms with Crippen molar-refractivity contribution in [2.45, 2.75) is 6.54 Å². The Morgan fingerprint density at radius 2 is 1.74 bits per heavy atom. The third kappa shape index (κ3) is 3.31. The first-order chi connectivity index (χ1) is 8.97. The van der Waals surface area contributed by atoms with E-state index in [-0.39, 0.29) is 12.4 Å². The van der Waals surface area contributed by atoms with Crippen LogP contribution in [0.2, 0.25) is 0 Å². The molecular weight excluding hydrogens is 368 g/mol. The molecule has 0 saturated carbocycles. The van der Waals surface area contributed by atoms with Crippen molar-refractivity contribution >= 4 is 34.0 Å². The Morgan fingerprint density at radius 1 is 1.00 bits per heavy atom. The molecule has 0 aliphatic carbocycles. The van der Waals surface area contributed by atoms with Gasteiger partial charge in [-0.15, -0.1) is 0 Å². The van der Waals surface area contributed by atoms with Gasteiger partial charge in [-0.3, -0.25) is 0 Å². The van der Waals surface area contributed by atoms with Gasteiger partial charge in [0.15, 0.2) is 11.6 Å². The van der Waals surface area contributed by atoms with Crippen molar-refractivity contribution in [1.29, 1.82) is 0 Å². The molecule has 0 spiro atoms. The third-order valence-electron chi connectivity index (χ3n) is 2.56. The van der Waals surface area contributed by atoms with Crippen molar-refractivity contribution in [3.8, 4) is 0 Å². The van der Waals surface area contributed by atoms with Crippen LogP contribution in [-0.2, 0) is 6.54 Å². The van der Waals surface area contributed by atoms with Crippen LogP contribution in [0.1, 0.15) is 5.56 Å². The van der Waals surface area contributed by atoms with Crippen LogP contribution >= 0.6 is 22.6 Å². The van der Waals surface area contributed by atoms with Crippen LogP contribution in [0.15, 0.2) is 30.3 Å². The number of hydrogen-bond donors (Lipinski definition) is 2. The predicted octanol–water partition coefficient (Wildman–Crippen LogP) is 3.90. The Morgan fingerprint density at radius 3 is 2.42 bits per heavy atom. The molecule has 2 aromatic rings. The normalized spacial score (nSPS) is 10.5. The van der Waals surface area contributed by atoms with E-state index < -0.39 is 11.6 Å². The highest BCUT2D eigenvalue weighted by atomic mass is 127. The van der Waals surface area contributed by atoms with Gasteiger partial charge in [0.25, 0.3) is 0 Å². The summed E-state index contributed by atoms with van der Waals surface area (Å²) in [5.74, 6) is -2.20. The summed E-state index contributed by atoms with van der Waals surface area (Å²) in [6.45, 7) is 0.224. The lowest BCUT2D eigenvalue weighted by Gasteiger charge is -2.10. The van der Waals surface area contributed by atoms with Crippen molar-refractivity contribution < 1.29 is 13.2 Å². The Kier molecular flexibility index (Phi) is 4.18. The molecule has 2 nitrogen and oxygen atoms in total. The molecule has 0 aliphatic rings. The van der Waals surface area contributed by atoms with Gasteiger partial charge in [-0.25, -0.2) is 13.2 Å². The number of halogens is 4. The molecule has 0 heterocycles. The fourth-order valence-electron chi connectivity index (χ4n) is 1.56. The number of rotatable bonds is 3. The van der Waals surface area contributed by atoms with Crippen molar-refractivity contribution in [2.24, 2.45) is 0 Å². The lowest BCUT2D eigenvalue weighted by molar-refractivity contribution is 0.507. The summed E-state index contributed by atoms with van der Waals surface area (Å²) in [6.07, 6.45) is 0. The van der Waals surface area contributed by atoms with E-state index in [1.165, 1.54) is 18.2 Å². The van der Waals surface area contributed by atoms with Crippen molar-refractivity contribution in [2.75, 3.05) is 11.1 Å². The quantitative estimate of drug-likeness (QED) is 0.628. The first-order valence-electron chi connectivity index (χ1n) is 5.39. The summed E-state index contributed by atoms with van der Waals surface area (Å²) in [7, 11) is 0. The fraction of sp³-hybridized carbons (Fsp3) is 0.0769. The van der Waals surface area contributed by atoms with Crippen LogP contribution in [0, 0.1) is 21.0 Å². The van der Waals surface area contributed by atoms with E-state index in [1.807, 2.05) is 22.6 Å². The second-order valence-electron chi connectivity index (χ2n) is 3.96. The standard InChI is InChI=1S/C13H10F3IN2/c14-8-2-1-7(3-9(8)15)6-19-13-4-10(16)11(17)5-12(13)18/h1-5,19H,6,18H2.